The fourth-order valence-corrected chi connectivity index (χ4v) is 3.03. The molecule has 0 spiro atoms. The van der Waals surface area contributed by atoms with E-state index in [0.29, 0.717) is 31.3 Å². The smallest absolute Gasteiger partial charge is 0.355 e. The van der Waals surface area contributed by atoms with Crippen LogP contribution in [0.25, 0.3) is 0 Å². The quantitative estimate of drug-likeness (QED) is 0.758. The molecule has 0 aliphatic carbocycles. The standard InChI is InChI=1S/C14H16ClF3N6O/c15-10-5-8(14(16,17)18)6-20-12(10)24-3-1-9(2-4-24)19-7-11-21-13(25)23-22-11/h5-6,9,19H,1-4,7H2,(H2,21,22,23,25). The van der Waals surface area contributed by atoms with Gasteiger partial charge in [-0.25, -0.2) is 14.9 Å². The van der Waals surface area contributed by atoms with Crippen LogP contribution in [0, 0.1) is 0 Å². The van der Waals surface area contributed by atoms with E-state index in [0.717, 1.165) is 25.1 Å². The largest absolute Gasteiger partial charge is 0.417 e. The van der Waals surface area contributed by atoms with Gasteiger partial charge in [0.05, 0.1) is 17.1 Å². The summed E-state index contributed by atoms with van der Waals surface area (Å²) in [5.41, 5.74) is -1.21. The molecule has 1 saturated heterocycles. The van der Waals surface area contributed by atoms with Crippen molar-refractivity contribution in [3.05, 3.63) is 39.2 Å². The zero-order valence-corrected chi connectivity index (χ0v) is 13.8. The highest BCUT2D eigenvalue weighted by Crippen LogP contribution is 2.34. The highest BCUT2D eigenvalue weighted by Gasteiger charge is 2.32. The molecule has 0 bridgehead atoms. The van der Waals surface area contributed by atoms with E-state index in [4.69, 9.17) is 11.6 Å². The van der Waals surface area contributed by atoms with Crippen molar-refractivity contribution < 1.29 is 13.2 Å². The molecular formula is C14H16ClF3N6O. The van der Waals surface area contributed by atoms with Gasteiger partial charge in [-0.05, 0) is 18.9 Å². The minimum Gasteiger partial charge on any atom is -0.355 e. The number of rotatable bonds is 4. The van der Waals surface area contributed by atoms with Crippen molar-refractivity contribution in [2.24, 2.45) is 0 Å². The molecule has 0 saturated carbocycles. The first-order valence-electron chi connectivity index (χ1n) is 7.67. The number of halogens is 4. The molecule has 0 amide bonds. The van der Waals surface area contributed by atoms with E-state index in [1.165, 1.54) is 0 Å². The van der Waals surface area contributed by atoms with Gasteiger partial charge >= 0.3 is 11.9 Å². The lowest BCUT2D eigenvalue weighted by Gasteiger charge is -2.33. The number of aromatic nitrogens is 4. The van der Waals surface area contributed by atoms with E-state index in [1.54, 1.807) is 0 Å². The van der Waals surface area contributed by atoms with Gasteiger partial charge in [0.25, 0.3) is 0 Å². The summed E-state index contributed by atoms with van der Waals surface area (Å²) in [7, 11) is 0. The topological polar surface area (TPSA) is 89.7 Å². The molecule has 0 atom stereocenters. The van der Waals surface area contributed by atoms with E-state index in [9.17, 15) is 18.0 Å². The number of piperidine rings is 1. The Balaban J connectivity index is 1.56. The summed E-state index contributed by atoms with van der Waals surface area (Å²) in [6.45, 7) is 1.67. The molecule has 0 radical (unpaired) electrons. The van der Waals surface area contributed by atoms with Gasteiger partial charge in [-0.2, -0.15) is 18.3 Å². The van der Waals surface area contributed by atoms with Crippen LogP contribution in [0.15, 0.2) is 17.1 Å². The molecule has 2 aromatic heterocycles. The number of nitrogens with zero attached hydrogens (tertiary/aromatic N) is 3. The van der Waals surface area contributed by atoms with Gasteiger partial charge in [0.2, 0.25) is 0 Å². The number of H-pyrrole nitrogens is 2. The predicted molar refractivity (Wildman–Crippen MR) is 85.5 cm³/mol. The van der Waals surface area contributed by atoms with E-state index in [-0.39, 0.29) is 16.8 Å². The SMILES string of the molecule is O=c1[nH]nc(CNC2CCN(c3ncc(C(F)(F)F)cc3Cl)CC2)[nH]1. The van der Waals surface area contributed by atoms with Gasteiger partial charge in [-0.3, -0.25) is 4.98 Å². The monoisotopic (exact) mass is 376 g/mol. The molecule has 2 aromatic rings. The summed E-state index contributed by atoms with van der Waals surface area (Å²) < 4.78 is 38.0. The van der Waals surface area contributed by atoms with E-state index in [2.05, 4.69) is 25.5 Å². The Bertz CT molecular complexity index is 781. The van der Waals surface area contributed by atoms with Gasteiger partial charge < -0.3 is 10.2 Å². The van der Waals surface area contributed by atoms with Gasteiger partial charge in [-0.1, -0.05) is 11.6 Å². The Morgan fingerprint density at radius 3 is 2.64 bits per heavy atom. The molecule has 7 nitrogen and oxygen atoms in total. The zero-order valence-electron chi connectivity index (χ0n) is 13.0. The Labute approximate surface area is 145 Å². The van der Waals surface area contributed by atoms with Gasteiger partial charge in [0.15, 0.2) is 0 Å². The average Bonchev–Trinajstić information content (AvgIpc) is 2.98. The Morgan fingerprint density at radius 2 is 2.08 bits per heavy atom. The lowest BCUT2D eigenvalue weighted by Crippen LogP contribution is -2.42. The second-order valence-electron chi connectivity index (χ2n) is 5.79. The highest BCUT2D eigenvalue weighted by molar-refractivity contribution is 6.33. The second kappa shape index (κ2) is 7.04. The van der Waals surface area contributed by atoms with Gasteiger partial charge in [-0.15, -0.1) is 0 Å². The summed E-state index contributed by atoms with van der Waals surface area (Å²) in [4.78, 5) is 19.3. The Kier molecular flexibility index (Phi) is 5.00. The van der Waals surface area contributed by atoms with E-state index < -0.39 is 11.7 Å². The minimum atomic E-state index is -4.46. The lowest BCUT2D eigenvalue weighted by atomic mass is 10.0. The summed E-state index contributed by atoms with van der Waals surface area (Å²) in [5.74, 6) is 0.893. The number of anilines is 1. The van der Waals surface area contributed by atoms with Crippen LogP contribution < -0.4 is 15.9 Å². The molecule has 3 heterocycles. The van der Waals surface area contributed by atoms with Crippen molar-refractivity contribution in [2.45, 2.75) is 31.6 Å². The fourth-order valence-electron chi connectivity index (χ4n) is 2.74. The first-order valence-corrected chi connectivity index (χ1v) is 8.05. The predicted octanol–water partition coefficient (Wildman–Crippen LogP) is 1.92. The number of nitrogens with one attached hydrogen (secondary N) is 3. The third kappa shape index (κ3) is 4.31. The molecule has 3 rings (SSSR count). The number of hydrogen-bond donors (Lipinski definition) is 3. The Morgan fingerprint density at radius 1 is 1.36 bits per heavy atom. The molecule has 1 aliphatic rings. The molecule has 3 N–H and O–H groups in total. The van der Waals surface area contributed by atoms with Crippen LogP contribution in [0.5, 0.6) is 0 Å². The van der Waals surface area contributed by atoms with Crippen molar-refractivity contribution in [3.8, 4) is 0 Å². The molecule has 11 heteroatoms. The number of alkyl halides is 3. The third-order valence-corrected chi connectivity index (χ3v) is 4.33. The normalized spacial score (nSPS) is 16.4. The van der Waals surface area contributed by atoms with Crippen molar-refractivity contribution in [1.82, 2.24) is 25.5 Å². The molecule has 1 fully saturated rings. The van der Waals surface area contributed by atoms with Crippen molar-refractivity contribution >= 4 is 17.4 Å². The fraction of sp³-hybridized carbons (Fsp3) is 0.500. The summed E-state index contributed by atoms with van der Waals surface area (Å²) in [6, 6.07) is 1.12. The van der Waals surface area contributed by atoms with Crippen LogP contribution >= 0.6 is 11.6 Å². The maximum absolute atomic E-state index is 12.7. The van der Waals surface area contributed by atoms with Crippen LogP contribution in [0.2, 0.25) is 5.02 Å². The van der Waals surface area contributed by atoms with Crippen molar-refractivity contribution in [1.29, 1.82) is 0 Å². The van der Waals surface area contributed by atoms with Crippen molar-refractivity contribution in [3.63, 3.8) is 0 Å². The van der Waals surface area contributed by atoms with E-state index >= 15 is 0 Å². The maximum atomic E-state index is 12.7. The molecular weight excluding hydrogens is 361 g/mol. The summed E-state index contributed by atoms with van der Waals surface area (Å²) in [6.07, 6.45) is -2.11. The summed E-state index contributed by atoms with van der Waals surface area (Å²) in [5, 5.41) is 9.39. The molecule has 25 heavy (non-hydrogen) atoms. The number of aromatic amines is 2. The maximum Gasteiger partial charge on any atom is 0.417 e. The zero-order chi connectivity index (χ0) is 18.0. The first kappa shape index (κ1) is 17.7. The third-order valence-electron chi connectivity index (χ3n) is 4.05. The van der Waals surface area contributed by atoms with Gasteiger partial charge in [0.1, 0.15) is 11.6 Å². The van der Waals surface area contributed by atoms with Crippen LogP contribution in [-0.4, -0.2) is 39.3 Å². The second-order valence-corrected chi connectivity index (χ2v) is 6.20. The molecule has 136 valence electrons. The first-order chi connectivity index (χ1) is 11.8. The van der Waals surface area contributed by atoms with Crippen LogP contribution in [0.3, 0.4) is 0 Å². The van der Waals surface area contributed by atoms with Crippen LogP contribution in [0.4, 0.5) is 19.0 Å². The Hall–Kier alpha value is -2.07. The van der Waals surface area contributed by atoms with Gasteiger partial charge in [0, 0.05) is 25.3 Å². The lowest BCUT2D eigenvalue weighted by molar-refractivity contribution is -0.137. The average molecular weight is 377 g/mol. The van der Waals surface area contributed by atoms with Crippen molar-refractivity contribution in [2.75, 3.05) is 18.0 Å². The van der Waals surface area contributed by atoms with Crippen LogP contribution in [0.1, 0.15) is 24.2 Å². The summed E-state index contributed by atoms with van der Waals surface area (Å²) >= 11 is 5.98. The van der Waals surface area contributed by atoms with E-state index in [1.807, 2.05) is 4.90 Å². The molecule has 1 aliphatic heterocycles. The van der Waals surface area contributed by atoms with Crippen LogP contribution in [-0.2, 0) is 12.7 Å². The highest BCUT2D eigenvalue weighted by atomic mass is 35.5. The number of hydrogen-bond acceptors (Lipinski definition) is 5. The molecule has 0 aromatic carbocycles. The minimum absolute atomic E-state index is 0.00432. The number of pyridine rings is 1. The molecule has 0 unspecified atom stereocenters.